The molecular weight excluding hydrogens is 240 g/mol. The third-order valence-electron chi connectivity index (χ3n) is 3.29. The monoisotopic (exact) mass is 256 g/mol. The number of nitrogens with two attached hydrogens (primary N) is 1. The Morgan fingerprint density at radius 2 is 2.33 bits per heavy atom. The van der Waals surface area contributed by atoms with E-state index in [0.29, 0.717) is 0 Å². The molecule has 0 saturated carbocycles. The molecule has 1 aromatic heterocycles. The molecule has 18 heavy (non-hydrogen) atoms. The van der Waals surface area contributed by atoms with E-state index in [1.165, 1.54) is 20.5 Å². The van der Waals surface area contributed by atoms with Gasteiger partial charge in [0.05, 0.1) is 5.70 Å². The van der Waals surface area contributed by atoms with Gasteiger partial charge in [-0.3, -0.25) is 0 Å². The van der Waals surface area contributed by atoms with Crippen LogP contribution in [0, 0.1) is 0 Å². The van der Waals surface area contributed by atoms with E-state index in [-0.39, 0.29) is 0 Å². The van der Waals surface area contributed by atoms with Gasteiger partial charge in [0.2, 0.25) is 0 Å². The number of fused-ring (bicyclic) bond motifs is 3. The molecule has 3 heteroatoms. The van der Waals surface area contributed by atoms with Gasteiger partial charge in [0.1, 0.15) is 0 Å². The van der Waals surface area contributed by atoms with Crippen LogP contribution in [0.2, 0.25) is 0 Å². The van der Waals surface area contributed by atoms with E-state index in [2.05, 4.69) is 35.7 Å². The van der Waals surface area contributed by atoms with Crippen LogP contribution in [0.4, 0.5) is 0 Å². The Hall–Kier alpha value is -1.74. The highest BCUT2D eigenvalue weighted by Crippen LogP contribution is 2.36. The van der Waals surface area contributed by atoms with E-state index in [1.807, 2.05) is 24.6 Å². The molecule has 2 nitrogen and oxygen atoms in total. The number of allylic oxidation sites excluding steroid dienone is 1. The van der Waals surface area contributed by atoms with Gasteiger partial charge in [-0.1, -0.05) is 12.1 Å². The largest absolute Gasteiger partial charge is 0.397 e. The van der Waals surface area contributed by atoms with Crippen LogP contribution in [0.5, 0.6) is 0 Å². The molecule has 1 aromatic carbocycles. The molecule has 0 fully saturated rings. The Balaban J connectivity index is 2.17. The van der Waals surface area contributed by atoms with Crippen molar-refractivity contribution in [2.75, 3.05) is 7.05 Å². The summed E-state index contributed by atoms with van der Waals surface area (Å²) in [7, 11) is 1.86. The van der Waals surface area contributed by atoms with E-state index in [9.17, 15) is 0 Å². The lowest BCUT2D eigenvalue weighted by atomic mass is 9.99. The van der Waals surface area contributed by atoms with E-state index in [4.69, 9.17) is 5.73 Å². The first kappa shape index (κ1) is 11.4. The summed E-state index contributed by atoms with van der Waals surface area (Å²) < 4.78 is 1.35. The first-order chi connectivity index (χ1) is 8.79. The van der Waals surface area contributed by atoms with Crippen molar-refractivity contribution in [1.82, 2.24) is 5.32 Å². The number of hydrogen-bond acceptors (Lipinski definition) is 3. The van der Waals surface area contributed by atoms with E-state index in [1.54, 1.807) is 0 Å². The highest BCUT2D eigenvalue weighted by atomic mass is 32.1. The highest BCUT2D eigenvalue weighted by Gasteiger charge is 2.13. The normalized spacial score (nSPS) is 14.8. The van der Waals surface area contributed by atoms with Crippen LogP contribution < -0.4 is 11.1 Å². The van der Waals surface area contributed by atoms with Crippen LogP contribution in [0.15, 0.2) is 30.5 Å². The summed E-state index contributed by atoms with van der Waals surface area (Å²) in [6, 6.07) is 6.49. The van der Waals surface area contributed by atoms with Crippen LogP contribution in [0.3, 0.4) is 0 Å². The average Bonchev–Trinajstić information content (AvgIpc) is 2.76. The van der Waals surface area contributed by atoms with Gasteiger partial charge in [-0.25, -0.2) is 0 Å². The Morgan fingerprint density at radius 3 is 3.17 bits per heavy atom. The first-order valence-electron chi connectivity index (χ1n) is 6.15. The molecule has 92 valence electrons. The van der Waals surface area contributed by atoms with Crippen molar-refractivity contribution < 1.29 is 0 Å². The first-order valence-corrected chi connectivity index (χ1v) is 6.96. The van der Waals surface area contributed by atoms with Gasteiger partial charge in [0.25, 0.3) is 0 Å². The van der Waals surface area contributed by atoms with Crippen molar-refractivity contribution in [3.63, 3.8) is 0 Å². The predicted octanol–water partition coefficient (Wildman–Crippen LogP) is 3.34. The Kier molecular flexibility index (Phi) is 2.84. The maximum atomic E-state index is 6.03. The second-order valence-electron chi connectivity index (χ2n) is 4.49. The van der Waals surface area contributed by atoms with E-state index >= 15 is 0 Å². The van der Waals surface area contributed by atoms with E-state index in [0.717, 1.165) is 24.1 Å². The maximum absolute atomic E-state index is 6.03. The van der Waals surface area contributed by atoms with Crippen molar-refractivity contribution in [2.24, 2.45) is 5.73 Å². The summed E-state index contributed by atoms with van der Waals surface area (Å²) >= 11 is 1.87. The number of hydrogen-bond donors (Lipinski definition) is 2. The van der Waals surface area contributed by atoms with Gasteiger partial charge in [-0.05, 0) is 47.6 Å². The van der Waals surface area contributed by atoms with Gasteiger partial charge in [0.15, 0.2) is 0 Å². The fourth-order valence-electron chi connectivity index (χ4n) is 2.40. The maximum Gasteiger partial charge on any atom is 0.0547 e. The summed E-state index contributed by atoms with van der Waals surface area (Å²) in [5.41, 5.74) is 9.39. The lowest BCUT2D eigenvalue weighted by Crippen LogP contribution is -2.03. The fraction of sp³-hybridized carbons (Fsp3) is 0.200. The molecule has 1 aliphatic rings. The van der Waals surface area contributed by atoms with Crippen LogP contribution in [0.1, 0.15) is 22.4 Å². The molecule has 1 heterocycles. The highest BCUT2D eigenvalue weighted by molar-refractivity contribution is 7.20. The number of aryl methyl sites for hydroxylation is 1. The van der Waals surface area contributed by atoms with Crippen molar-refractivity contribution in [2.45, 2.75) is 12.8 Å². The lowest BCUT2D eigenvalue weighted by molar-refractivity contribution is 1.01. The number of benzene rings is 1. The third-order valence-corrected chi connectivity index (χ3v) is 4.46. The van der Waals surface area contributed by atoms with Crippen molar-refractivity contribution in [1.29, 1.82) is 0 Å². The minimum absolute atomic E-state index is 0.783. The minimum atomic E-state index is 0.783. The molecule has 0 bridgehead atoms. The zero-order valence-corrected chi connectivity index (χ0v) is 11.2. The predicted molar refractivity (Wildman–Crippen MR) is 80.4 cm³/mol. The molecule has 3 N–H and O–H groups in total. The molecule has 2 aromatic rings. The van der Waals surface area contributed by atoms with Crippen LogP contribution in [0.25, 0.3) is 21.9 Å². The fourth-order valence-corrected chi connectivity index (χ4v) is 3.56. The Labute approximate surface area is 111 Å². The topological polar surface area (TPSA) is 38.0 Å². The van der Waals surface area contributed by atoms with Gasteiger partial charge in [-0.2, -0.15) is 0 Å². The van der Waals surface area contributed by atoms with Crippen molar-refractivity contribution in [3.8, 4) is 0 Å². The molecular formula is C15H16N2S. The summed E-state index contributed by atoms with van der Waals surface area (Å²) in [6.45, 7) is 0. The number of nitrogens with one attached hydrogen (secondary N) is 1. The SMILES string of the molecule is CN/C=C(\N)c1ccc2sc3c(c2c1)CCC=C3. The number of rotatable bonds is 2. The molecule has 0 amide bonds. The molecule has 0 saturated heterocycles. The van der Waals surface area contributed by atoms with Gasteiger partial charge in [0, 0.05) is 22.8 Å². The third kappa shape index (κ3) is 1.81. The molecule has 1 aliphatic carbocycles. The van der Waals surface area contributed by atoms with Gasteiger partial charge < -0.3 is 11.1 Å². The van der Waals surface area contributed by atoms with E-state index < -0.39 is 0 Å². The molecule has 3 rings (SSSR count). The van der Waals surface area contributed by atoms with Crippen molar-refractivity contribution >= 4 is 33.2 Å². The molecule has 0 spiro atoms. The Bertz CT molecular complexity index is 650. The summed E-state index contributed by atoms with van der Waals surface area (Å²) in [5, 5.41) is 4.34. The average molecular weight is 256 g/mol. The number of thiophene rings is 1. The second kappa shape index (κ2) is 4.50. The van der Waals surface area contributed by atoms with Crippen LogP contribution in [-0.2, 0) is 6.42 Å². The minimum Gasteiger partial charge on any atom is -0.397 e. The summed E-state index contributed by atoms with van der Waals surface area (Å²) in [6.07, 6.45) is 8.62. The van der Waals surface area contributed by atoms with Crippen molar-refractivity contribution in [3.05, 3.63) is 46.5 Å². The van der Waals surface area contributed by atoms with Crippen LogP contribution in [-0.4, -0.2) is 7.05 Å². The molecule has 0 atom stereocenters. The molecule has 0 aliphatic heterocycles. The Morgan fingerprint density at radius 1 is 1.44 bits per heavy atom. The summed E-state index contributed by atoms with van der Waals surface area (Å²) in [5.74, 6) is 0. The second-order valence-corrected chi connectivity index (χ2v) is 5.57. The van der Waals surface area contributed by atoms with Crippen LogP contribution >= 0.6 is 11.3 Å². The standard InChI is InChI=1S/C15H16N2S/c1-17-9-13(16)10-6-7-15-12(8-10)11-4-2-3-5-14(11)18-15/h3,5-9,17H,2,4,16H2,1H3/b13-9-. The lowest BCUT2D eigenvalue weighted by Gasteiger charge is -2.06. The quantitative estimate of drug-likeness (QED) is 0.865. The smallest absolute Gasteiger partial charge is 0.0547 e. The van der Waals surface area contributed by atoms with Gasteiger partial charge >= 0.3 is 0 Å². The summed E-state index contributed by atoms with van der Waals surface area (Å²) in [4.78, 5) is 1.41. The molecule has 0 radical (unpaired) electrons. The van der Waals surface area contributed by atoms with Gasteiger partial charge in [-0.15, -0.1) is 11.3 Å². The zero-order chi connectivity index (χ0) is 12.5. The molecule has 0 unspecified atom stereocenters. The zero-order valence-electron chi connectivity index (χ0n) is 10.4.